The van der Waals surface area contributed by atoms with E-state index in [1.54, 1.807) is 12.2 Å². The Kier molecular flexibility index (Phi) is 2.88. The third-order valence-electron chi connectivity index (χ3n) is 3.52. The van der Waals surface area contributed by atoms with Crippen LogP contribution < -0.4 is 0 Å². The van der Waals surface area contributed by atoms with Gasteiger partial charge in [0.25, 0.3) is 0 Å². The molecule has 0 saturated carbocycles. The van der Waals surface area contributed by atoms with E-state index in [2.05, 4.69) is 24.3 Å². The van der Waals surface area contributed by atoms with E-state index in [-0.39, 0.29) is 11.2 Å². The van der Waals surface area contributed by atoms with Crippen molar-refractivity contribution in [3.05, 3.63) is 96.1 Å². The predicted molar refractivity (Wildman–Crippen MR) is 77.0 cm³/mol. The topological polar surface area (TPSA) is 17.1 Å². The molecule has 1 heteroatoms. The molecule has 0 amide bonds. The summed E-state index contributed by atoms with van der Waals surface area (Å²) < 4.78 is 0. The van der Waals surface area contributed by atoms with Crippen LogP contribution >= 0.6 is 0 Å². The van der Waals surface area contributed by atoms with Crippen molar-refractivity contribution in [2.45, 2.75) is 5.41 Å². The molecule has 19 heavy (non-hydrogen) atoms. The lowest BCUT2D eigenvalue weighted by Crippen LogP contribution is -2.25. The first-order chi connectivity index (χ1) is 9.31. The van der Waals surface area contributed by atoms with Crippen molar-refractivity contribution in [3.8, 4) is 0 Å². The fraction of sp³-hybridized carbons (Fsp3) is 0.0556. The van der Waals surface area contributed by atoms with Crippen molar-refractivity contribution >= 4 is 5.78 Å². The number of ketones is 1. The minimum absolute atomic E-state index is 0.0440. The fourth-order valence-electron chi connectivity index (χ4n) is 2.52. The maximum Gasteiger partial charge on any atom is 0.178 e. The van der Waals surface area contributed by atoms with E-state index in [9.17, 15) is 4.79 Å². The van der Waals surface area contributed by atoms with Crippen molar-refractivity contribution in [3.63, 3.8) is 0 Å². The van der Waals surface area contributed by atoms with Crippen LogP contribution in [-0.2, 0) is 10.2 Å². The molecule has 1 aliphatic carbocycles. The quantitative estimate of drug-likeness (QED) is 0.740. The summed E-state index contributed by atoms with van der Waals surface area (Å²) >= 11 is 0. The average molecular weight is 247 g/mol. The zero-order chi connectivity index (χ0) is 13.1. The van der Waals surface area contributed by atoms with E-state index in [1.807, 2.05) is 48.6 Å². The van der Waals surface area contributed by atoms with E-state index in [0.29, 0.717) is 0 Å². The van der Waals surface area contributed by atoms with Gasteiger partial charge < -0.3 is 0 Å². The molecule has 0 radical (unpaired) electrons. The van der Waals surface area contributed by atoms with Crippen LogP contribution in [0, 0.1) is 0 Å². The summed E-state index contributed by atoms with van der Waals surface area (Å²) in [5.74, 6) is 0.0440. The van der Waals surface area contributed by atoms with Crippen molar-refractivity contribution in [2.75, 3.05) is 0 Å². The Hall–Kier alpha value is -2.41. The van der Waals surface area contributed by atoms with Crippen molar-refractivity contribution in [1.82, 2.24) is 0 Å². The second kappa shape index (κ2) is 4.69. The van der Waals surface area contributed by atoms with Gasteiger partial charge in [-0.2, -0.15) is 0 Å². The van der Waals surface area contributed by atoms with Gasteiger partial charge in [0.2, 0.25) is 0 Å². The summed E-state index contributed by atoms with van der Waals surface area (Å²) in [6, 6.07) is 20.5. The Morgan fingerprint density at radius 1 is 0.632 bits per heavy atom. The van der Waals surface area contributed by atoms with Crippen LogP contribution in [0.4, 0.5) is 0 Å². The Balaban J connectivity index is 2.21. The van der Waals surface area contributed by atoms with Crippen LogP contribution in [0.3, 0.4) is 0 Å². The number of carbonyl (C=O) groups is 1. The summed E-state index contributed by atoms with van der Waals surface area (Å²) in [7, 11) is 0. The number of benzene rings is 2. The van der Waals surface area contributed by atoms with E-state index < -0.39 is 0 Å². The largest absolute Gasteiger partial charge is 0.290 e. The molecule has 1 nitrogen and oxygen atoms in total. The van der Waals surface area contributed by atoms with Crippen LogP contribution in [0.2, 0.25) is 0 Å². The second-order valence-electron chi connectivity index (χ2n) is 4.67. The van der Waals surface area contributed by atoms with Gasteiger partial charge in [-0.25, -0.2) is 0 Å². The van der Waals surface area contributed by atoms with Crippen molar-refractivity contribution in [1.29, 1.82) is 0 Å². The molecule has 0 fully saturated rings. The van der Waals surface area contributed by atoms with Gasteiger partial charge in [-0.05, 0) is 23.3 Å². The predicted octanol–water partition coefficient (Wildman–Crippen LogP) is 3.67. The molecule has 0 unspecified atom stereocenters. The number of allylic oxidation sites excluding steroid dienone is 4. The lowest BCUT2D eigenvalue weighted by Gasteiger charge is -2.30. The molecule has 0 N–H and O–H groups in total. The molecule has 0 aromatic heterocycles. The molecular formula is C18H14O. The standard InChI is InChI=1S/C18H14O/c19-17-11-13-18(14-12-17,15-7-3-1-4-8-15)16-9-5-2-6-10-16/h1-14H/i17+1. The van der Waals surface area contributed by atoms with Gasteiger partial charge in [0, 0.05) is 0 Å². The highest BCUT2D eigenvalue weighted by Gasteiger charge is 2.30. The molecule has 0 atom stereocenters. The Morgan fingerprint density at radius 2 is 1.05 bits per heavy atom. The lowest BCUT2D eigenvalue weighted by atomic mass is 9.73. The SMILES string of the molecule is O=[13C]1C=CC(c2ccccc2)(c2ccccc2)C=C1. The van der Waals surface area contributed by atoms with Gasteiger partial charge in [0.05, 0.1) is 5.41 Å². The number of hydrogen-bond acceptors (Lipinski definition) is 1. The molecule has 2 aromatic carbocycles. The Bertz CT molecular complexity index is 578. The van der Waals surface area contributed by atoms with Gasteiger partial charge in [0.15, 0.2) is 5.78 Å². The van der Waals surface area contributed by atoms with Gasteiger partial charge >= 0.3 is 0 Å². The van der Waals surface area contributed by atoms with Crippen molar-refractivity contribution in [2.24, 2.45) is 0 Å². The Morgan fingerprint density at radius 3 is 1.47 bits per heavy atom. The second-order valence-corrected chi connectivity index (χ2v) is 4.67. The third-order valence-corrected chi connectivity index (χ3v) is 3.52. The highest BCUT2D eigenvalue weighted by molar-refractivity contribution is 6.01. The maximum atomic E-state index is 11.4. The van der Waals surface area contributed by atoms with Gasteiger partial charge in [-0.1, -0.05) is 72.8 Å². The van der Waals surface area contributed by atoms with Crippen LogP contribution in [0.15, 0.2) is 85.0 Å². The first-order valence-electron chi connectivity index (χ1n) is 6.35. The molecule has 1 aliphatic rings. The van der Waals surface area contributed by atoms with E-state index in [0.717, 1.165) is 0 Å². The van der Waals surface area contributed by atoms with Crippen molar-refractivity contribution < 1.29 is 4.79 Å². The highest BCUT2D eigenvalue weighted by atomic mass is 16.2. The van der Waals surface area contributed by atoms with E-state index in [1.165, 1.54) is 11.1 Å². The molecule has 0 aliphatic heterocycles. The summed E-state index contributed by atoms with van der Waals surface area (Å²) in [6.45, 7) is 0. The summed E-state index contributed by atoms with van der Waals surface area (Å²) in [5, 5.41) is 0. The van der Waals surface area contributed by atoms with Gasteiger partial charge in [-0.15, -0.1) is 0 Å². The molecule has 0 bridgehead atoms. The van der Waals surface area contributed by atoms with E-state index in [4.69, 9.17) is 0 Å². The summed E-state index contributed by atoms with van der Waals surface area (Å²) in [4.78, 5) is 11.4. The minimum Gasteiger partial charge on any atom is -0.290 e. The van der Waals surface area contributed by atoms with Gasteiger partial charge in [0.1, 0.15) is 0 Å². The fourth-order valence-corrected chi connectivity index (χ4v) is 2.52. The lowest BCUT2D eigenvalue weighted by molar-refractivity contribution is -0.110. The van der Waals surface area contributed by atoms with Crippen LogP contribution in [0.25, 0.3) is 0 Å². The molecule has 0 saturated heterocycles. The molecular weight excluding hydrogens is 233 g/mol. The molecule has 0 spiro atoms. The normalized spacial score (nSPS) is 16.5. The molecule has 2 aromatic rings. The highest BCUT2D eigenvalue weighted by Crippen LogP contribution is 2.36. The minimum atomic E-state index is -0.337. The summed E-state index contributed by atoms with van der Waals surface area (Å²) in [5.41, 5.74) is 2.00. The first-order valence-corrected chi connectivity index (χ1v) is 6.35. The van der Waals surface area contributed by atoms with E-state index >= 15 is 0 Å². The smallest absolute Gasteiger partial charge is 0.178 e. The third kappa shape index (κ3) is 2.04. The monoisotopic (exact) mass is 247 g/mol. The number of hydrogen-bond donors (Lipinski definition) is 0. The maximum absolute atomic E-state index is 11.4. The molecule has 92 valence electrons. The average Bonchev–Trinajstić information content (AvgIpc) is 2.50. The van der Waals surface area contributed by atoms with Gasteiger partial charge in [-0.3, -0.25) is 4.79 Å². The first kappa shape index (κ1) is 11.7. The van der Waals surface area contributed by atoms with Crippen LogP contribution in [0.5, 0.6) is 0 Å². The number of carbonyl (C=O) groups excluding carboxylic acids is 1. The zero-order valence-corrected chi connectivity index (χ0v) is 10.5. The Labute approximate surface area is 112 Å². The molecule has 3 rings (SSSR count). The van der Waals surface area contributed by atoms with Crippen LogP contribution in [0.1, 0.15) is 11.1 Å². The zero-order valence-electron chi connectivity index (χ0n) is 10.5. The van der Waals surface area contributed by atoms with Crippen LogP contribution in [-0.4, -0.2) is 5.78 Å². The summed E-state index contributed by atoms with van der Waals surface area (Å²) in [6.07, 6.45) is 7.28. The molecule has 0 heterocycles. The number of rotatable bonds is 2.